The van der Waals surface area contributed by atoms with Crippen LogP contribution in [0.5, 0.6) is 5.75 Å². The Morgan fingerprint density at radius 3 is 2.72 bits per heavy atom. The Morgan fingerprint density at radius 1 is 1.50 bits per heavy atom. The lowest BCUT2D eigenvalue weighted by atomic mass is 9.76. The Bertz CT molecular complexity index is 490. The topological polar surface area (TPSA) is 46.5 Å². The van der Waals surface area contributed by atoms with Crippen molar-refractivity contribution in [1.82, 2.24) is 0 Å². The first-order chi connectivity index (χ1) is 8.61. The Hall–Kier alpha value is -1.48. The van der Waals surface area contributed by atoms with Gasteiger partial charge in [-0.25, -0.2) is 4.79 Å². The van der Waals surface area contributed by atoms with Crippen LogP contribution in [0.1, 0.15) is 24.8 Å². The van der Waals surface area contributed by atoms with E-state index in [9.17, 15) is 4.79 Å². The molecule has 3 nitrogen and oxygen atoms in total. The predicted molar refractivity (Wildman–Crippen MR) is 71.0 cm³/mol. The fourth-order valence-electron chi connectivity index (χ4n) is 2.17. The van der Waals surface area contributed by atoms with Gasteiger partial charge in [-0.15, -0.1) is 0 Å². The van der Waals surface area contributed by atoms with Gasteiger partial charge in [-0.3, -0.25) is 0 Å². The van der Waals surface area contributed by atoms with Crippen molar-refractivity contribution < 1.29 is 14.6 Å². The molecule has 0 unspecified atom stereocenters. The first-order valence-electron chi connectivity index (χ1n) is 5.90. The van der Waals surface area contributed by atoms with E-state index in [0.717, 1.165) is 30.4 Å². The van der Waals surface area contributed by atoms with E-state index in [1.807, 2.05) is 0 Å². The second-order valence-electron chi connectivity index (χ2n) is 4.41. The Morgan fingerprint density at radius 2 is 2.22 bits per heavy atom. The van der Waals surface area contributed by atoms with E-state index in [0.29, 0.717) is 16.7 Å². The summed E-state index contributed by atoms with van der Waals surface area (Å²) in [4.78, 5) is 11.0. The van der Waals surface area contributed by atoms with E-state index >= 15 is 0 Å². The van der Waals surface area contributed by atoms with Crippen LogP contribution in [0, 0.1) is 5.92 Å². The van der Waals surface area contributed by atoms with Crippen molar-refractivity contribution in [3.8, 4) is 5.75 Å². The van der Waals surface area contributed by atoms with Gasteiger partial charge in [0.1, 0.15) is 5.75 Å². The van der Waals surface area contributed by atoms with Gasteiger partial charge in [0.05, 0.1) is 7.11 Å². The molecule has 0 aromatic heterocycles. The summed E-state index contributed by atoms with van der Waals surface area (Å²) in [5.41, 5.74) is 1.60. The van der Waals surface area contributed by atoms with E-state index in [2.05, 4.69) is 0 Å². The van der Waals surface area contributed by atoms with Crippen LogP contribution in [0.4, 0.5) is 0 Å². The molecule has 1 N–H and O–H groups in total. The molecule has 18 heavy (non-hydrogen) atoms. The summed E-state index contributed by atoms with van der Waals surface area (Å²) >= 11 is 5.99. The second kappa shape index (κ2) is 5.44. The van der Waals surface area contributed by atoms with Crippen molar-refractivity contribution in [1.29, 1.82) is 0 Å². The Kier molecular flexibility index (Phi) is 3.92. The average Bonchev–Trinajstić information content (AvgIpc) is 2.25. The number of methoxy groups -OCH3 is 1. The summed E-state index contributed by atoms with van der Waals surface area (Å²) in [5, 5.41) is 9.58. The molecule has 96 valence electrons. The van der Waals surface area contributed by atoms with Crippen LogP contribution < -0.4 is 4.74 Å². The molecule has 1 aromatic rings. The number of hydrogen-bond donors (Lipinski definition) is 1. The summed E-state index contributed by atoms with van der Waals surface area (Å²) < 4.78 is 5.29. The molecule has 1 fully saturated rings. The number of carbonyl (C=O) groups is 1. The van der Waals surface area contributed by atoms with Gasteiger partial charge >= 0.3 is 5.97 Å². The summed E-state index contributed by atoms with van der Waals surface area (Å²) in [6.45, 7) is 0. The molecule has 0 atom stereocenters. The predicted octanol–water partition coefficient (Wildman–Crippen LogP) is 3.62. The maximum Gasteiger partial charge on any atom is 0.328 e. The minimum absolute atomic E-state index is 0.300. The van der Waals surface area contributed by atoms with E-state index in [1.165, 1.54) is 6.08 Å². The van der Waals surface area contributed by atoms with Crippen LogP contribution in [0.3, 0.4) is 0 Å². The van der Waals surface area contributed by atoms with Crippen molar-refractivity contribution in [2.24, 2.45) is 5.92 Å². The minimum atomic E-state index is -0.932. The van der Waals surface area contributed by atoms with E-state index < -0.39 is 5.97 Å². The highest BCUT2D eigenvalue weighted by Gasteiger charge is 2.25. The molecule has 0 heterocycles. The van der Waals surface area contributed by atoms with Crippen molar-refractivity contribution in [3.05, 3.63) is 34.9 Å². The number of halogens is 1. The van der Waals surface area contributed by atoms with Gasteiger partial charge in [0.25, 0.3) is 0 Å². The average molecular weight is 267 g/mol. The largest absolute Gasteiger partial charge is 0.496 e. The minimum Gasteiger partial charge on any atom is -0.496 e. The van der Waals surface area contributed by atoms with Crippen LogP contribution in [0.15, 0.2) is 24.3 Å². The molecule has 0 spiro atoms. The molecule has 0 aliphatic heterocycles. The van der Waals surface area contributed by atoms with E-state index in [4.69, 9.17) is 21.4 Å². The number of rotatable bonds is 4. The van der Waals surface area contributed by atoms with Gasteiger partial charge in [0.15, 0.2) is 0 Å². The third kappa shape index (κ3) is 2.67. The third-order valence-corrected chi connectivity index (χ3v) is 3.53. The van der Waals surface area contributed by atoms with Crippen molar-refractivity contribution in [2.75, 3.05) is 7.11 Å². The maximum absolute atomic E-state index is 11.0. The molecule has 0 bridgehead atoms. The Balaban J connectivity index is 2.47. The first-order valence-corrected chi connectivity index (χ1v) is 6.28. The maximum atomic E-state index is 11.0. The first kappa shape index (κ1) is 13.0. The zero-order valence-corrected chi connectivity index (χ0v) is 10.9. The van der Waals surface area contributed by atoms with Crippen LogP contribution in [0.25, 0.3) is 5.57 Å². The number of carboxylic acid groups (broad SMARTS) is 1. The zero-order chi connectivity index (χ0) is 13.1. The smallest absolute Gasteiger partial charge is 0.328 e. The molecule has 4 heteroatoms. The normalized spacial score (nSPS) is 16.2. The molecule has 1 saturated carbocycles. The number of hydrogen-bond acceptors (Lipinski definition) is 2. The van der Waals surface area contributed by atoms with Gasteiger partial charge in [-0.2, -0.15) is 0 Å². The second-order valence-corrected chi connectivity index (χ2v) is 4.85. The summed E-state index contributed by atoms with van der Waals surface area (Å²) in [6.07, 6.45) is 4.46. The SMILES string of the molecule is COc1ccc(Cl)cc1/C(=C/C(=O)O)C1CCC1. The highest BCUT2D eigenvalue weighted by Crippen LogP contribution is 2.42. The molecule has 0 amide bonds. The zero-order valence-electron chi connectivity index (χ0n) is 10.1. The standard InChI is InChI=1S/C14H15ClO3/c1-18-13-6-5-10(15)7-12(13)11(8-14(16)17)9-3-2-4-9/h5-9H,2-4H2,1H3,(H,16,17)/b11-8+. The van der Waals surface area contributed by atoms with Gasteiger partial charge < -0.3 is 9.84 Å². The number of aliphatic carboxylic acids is 1. The third-order valence-electron chi connectivity index (χ3n) is 3.30. The molecule has 1 aliphatic rings. The summed E-state index contributed by atoms with van der Waals surface area (Å²) in [7, 11) is 1.58. The highest BCUT2D eigenvalue weighted by atomic mass is 35.5. The van der Waals surface area contributed by atoms with Gasteiger partial charge in [0, 0.05) is 16.7 Å². The Labute approximate surface area is 111 Å². The number of carboxylic acids is 1. The van der Waals surface area contributed by atoms with Gasteiger partial charge in [-0.05, 0) is 42.5 Å². The lowest BCUT2D eigenvalue weighted by Crippen LogP contribution is -2.14. The molecule has 0 saturated heterocycles. The lowest BCUT2D eigenvalue weighted by molar-refractivity contribution is -0.131. The lowest BCUT2D eigenvalue weighted by Gasteiger charge is -2.29. The monoisotopic (exact) mass is 266 g/mol. The van der Waals surface area contributed by atoms with Crippen LogP contribution in [0.2, 0.25) is 5.02 Å². The van der Waals surface area contributed by atoms with Crippen molar-refractivity contribution in [2.45, 2.75) is 19.3 Å². The van der Waals surface area contributed by atoms with Gasteiger partial charge in [0.2, 0.25) is 0 Å². The van der Waals surface area contributed by atoms with Crippen molar-refractivity contribution >= 4 is 23.1 Å². The number of ether oxygens (including phenoxy) is 1. The molecule has 2 rings (SSSR count). The molecule has 1 aromatic carbocycles. The van der Waals surface area contributed by atoms with Crippen LogP contribution in [-0.4, -0.2) is 18.2 Å². The highest BCUT2D eigenvalue weighted by molar-refractivity contribution is 6.30. The molecule has 1 aliphatic carbocycles. The van der Waals surface area contributed by atoms with Crippen LogP contribution >= 0.6 is 11.6 Å². The van der Waals surface area contributed by atoms with E-state index in [-0.39, 0.29) is 0 Å². The molecule has 0 radical (unpaired) electrons. The fourth-order valence-corrected chi connectivity index (χ4v) is 2.35. The van der Waals surface area contributed by atoms with Crippen molar-refractivity contribution in [3.63, 3.8) is 0 Å². The molecular formula is C14H15ClO3. The number of allylic oxidation sites excluding steroid dienone is 1. The van der Waals surface area contributed by atoms with Crippen LogP contribution in [-0.2, 0) is 4.79 Å². The molecular weight excluding hydrogens is 252 g/mol. The fraction of sp³-hybridized carbons (Fsp3) is 0.357. The summed E-state index contributed by atoms with van der Waals surface area (Å²) in [5.74, 6) is 0.0335. The number of benzene rings is 1. The quantitative estimate of drug-likeness (QED) is 0.847. The van der Waals surface area contributed by atoms with Gasteiger partial charge in [-0.1, -0.05) is 18.0 Å². The summed E-state index contributed by atoms with van der Waals surface area (Å²) in [6, 6.07) is 5.28. The van der Waals surface area contributed by atoms with E-state index in [1.54, 1.807) is 25.3 Å².